The van der Waals surface area contributed by atoms with Crippen LogP contribution in [0.15, 0.2) is 29.1 Å². The molecule has 2 fully saturated rings. The zero-order chi connectivity index (χ0) is 19.5. The minimum atomic E-state index is -0.362. The summed E-state index contributed by atoms with van der Waals surface area (Å²) in [6.45, 7) is 2.45. The molecular weight excluding hydrogens is 362 g/mol. The summed E-state index contributed by atoms with van der Waals surface area (Å²) in [5.41, 5.74) is 0.409. The third-order valence-electron chi connectivity index (χ3n) is 5.04. The Balaban J connectivity index is 1.53. The van der Waals surface area contributed by atoms with E-state index in [1.807, 2.05) is 11.0 Å². The van der Waals surface area contributed by atoms with Gasteiger partial charge in [0.05, 0.1) is 30.1 Å². The van der Waals surface area contributed by atoms with E-state index >= 15 is 0 Å². The predicted molar refractivity (Wildman–Crippen MR) is 102 cm³/mol. The first-order valence-corrected chi connectivity index (χ1v) is 9.50. The number of ether oxygens (including phenoxy) is 1. The van der Waals surface area contributed by atoms with Gasteiger partial charge in [0.2, 0.25) is 5.91 Å². The van der Waals surface area contributed by atoms with Crippen LogP contribution >= 0.6 is 0 Å². The number of carbonyl (C=O) groups excluding carboxylic acids is 2. The number of amides is 3. The van der Waals surface area contributed by atoms with E-state index in [4.69, 9.17) is 4.74 Å². The van der Waals surface area contributed by atoms with Crippen LogP contribution < -0.4 is 10.9 Å². The number of para-hydroxylation sites is 1. The first kappa shape index (κ1) is 18.6. The molecule has 2 aliphatic rings. The van der Waals surface area contributed by atoms with Crippen LogP contribution in [0.1, 0.15) is 18.7 Å². The number of aromatic amines is 1. The fraction of sp³-hybridized carbons (Fsp3) is 0.474. The number of aromatic nitrogens is 2. The maximum absolute atomic E-state index is 12.6. The van der Waals surface area contributed by atoms with E-state index in [1.54, 1.807) is 18.2 Å². The topological polar surface area (TPSA) is 108 Å². The van der Waals surface area contributed by atoms with E-state index < -0.39 is 0 Å². The highest BCUT2D eigenvalue weighted by atomic mass is 16.5. The molecule has 2 N–H and O–H groups in total. The van der Waals surface area contributed by atoms with Gasteiger partial charge in [-0.3, -0.25) is 19.4 Å². The first-order valence-electron chi connectivity index (χ1n) is 9.50. The number of rotatable bonds is 6. The lowest BCUT2D eigenvalue weighted by atomic mass is 10.2. The molecule has 0 unspecified atom stereocenters. The number of urea groups is 1. The van der Waals surface area contributed by atoms with Crippen molar-refractivity contribution in [3.63, 3.8) is 0 Å². The van der Waals surface area contributed by atoms with Gasteiger partial charge in [0.1, 0.15) is 5.82 Å². The summed E-state index contributed by atoms with van der Waals surface area (Å²) in [6, 6.07) is 6.78. The van der Waals surface area contributed by atoms with Gasteiger partial charge in [-0.25, -0.2) is 9.78 Å². The van der Waals surface area contributed by atoms with Crippen LogP contribution in [0.2, 0.25) is 0 Å². The van der Waals surface area contributed by atoms with Crippen molar-refractivity contribution in [3.05, 3.63) is 40.4 Å². The fourth-order valence-electron chi connectivity index (χ4n) is 3.67. The van der Waals surface area contributed by atoms with Crippen LogP contribution in [-0.4, -0.2) is 70.6 Å². The Kier molecular flexibility index (Phi) is 5.36. The van der Waals surface area contributed by atoms with E-state index in [-0.39, 0.29) is 30.1 Å². The number of carbonyl (C=O) groups is 2. The number of fused-ring (bicyclic) bond motifs is 1. The molecule has 3 amide bonds. The van der Waals surface area contributed by atoms with Crippen LogP contribution in [0.5, 0.6) is 0 Å². The molecule has 1 aromatic heterocycles. The van der Waals surface area contributed by atoms with Gasteiger partial charge in [0.25, 0.3) is 5.56 Å². The monoisotopic (exact) mass is 385 g/mol. The largest absolute Gasteiger partial charge is 0.377 e. The van der Waals surface area contributed by atoms with Crippen molar-refractivity contribution in [3.8, 4) is 0 Å². The summed E-state index contributed by atoms with van der Waals surface area (Å²) in [5.74, 6) is 0.219. The van der Waals surface area contributed by atoms with Gasteiger partial charge in [0.15, 0.2) is 0 Å². The average Bonchev–Trinajstić information content (AvgIpc) is 3.33. The summed E-state index contributed by atoms with van der Waals surface area (Å²) in [7, 11) is 0. The third-order valence-corrected chi connectivity index (χ3v) is 5.04. The maximum Gasteiger partial charge on any atom is 0.324 e. The molecule has 9 nitrogen and oxygen atoms in total. The predicted octanol–water partition coefficient (Wildman–Crippen LogP) is 0.456. The molecule has 0 bridgehead atoms. The minimum Gasteiger partial charge on any atom is -0.377 e. The molecule has 3 heterocycles. The van der Waals surface area contributed by atoms with E-state index in [2.05, 4.69) is 15.3 Å². The molecule has 148 valence electrons. The quantitative estimate of drug-likeness (QED) is 0.748. The second kappa shape index (κ2) is 8.07. The maximum atomic E-state index is 12.6. The number of imide groups is 1. The van der Waals surface area contributed by atoms with Gasteiger partial charge in [-0.1, -0.05) is 12.1 Å². The molecule has 2 aliphatic heterocycles. The molecule has 1 aromatic carbocycles. The van der Waals surface area contributed by atoms with Crippen molar-refractivity contribution >= 4 is 22.8 Å². The number of hydrogen-bond donors (Lipinski definition) is 2. The lowest BCUT2D eigenvalue weighted by Crippen LogP contribution is -2.44. The lowest BCUT2D eigenvalue weighted by Gasteiger charge is -2.25. The van der Waals surface area contributed by atoms with Gasteiger partial charge in [-0.05, 0) is 25.0 Å². The molecule has 0 saturated carbocycles. The molecule has 1 atom stereocenters. The van der Waals surface area contributed by atoms with Crippen molar-refractivity contribution in [2.45, 2.75) is 25.5 Å². The highest BCUT2D eigenvalue weighted by Crippen LogP contribution is 2.15. The average molecular weight is 385 g/mol. The molecule has 0 radical (unpaired) electrons. The third kappa shape index (κ3) is 4.05. The number of benzene rings is 1. The Morgan fingerprint density at radius 2 is 2.18 bits per heavy atom. The summed E-state index contributed by atoms with van der Waals surface area (Å²) < 4.78 is 5.71. The van der Waals surface area contributed by atoms with Crippen molar-refractivity contribution in [1.82, 2.24) is 25.1 Å². The molecule has 0 aliphatic carbocycles. The molecule has 2 saturated heterocycles. The second-order valence-electron chi connectivity index (χ2n) is 7.11. The van der Waals surface area contributed by atoms with E-state index in [0.29, 0.717) is 49.5 Å². The fourth-order valence-corrected chi connectivity index (χ4v) is 3.67. The molecule has 2 aromatic rings. The Labute approximate surface area is 161 Å². The zero-order valence-electron chi connectivity index (χ0n) is 15.5. The Morgan fingerprint density at radius 3 is 2.93 bits per heavy atom. The van der Waals surface area contributed by atoms with Gasteiger partial charge in [-0.2, -0.15) is 0 Å². The van der Waals surface area contributed by atoms with Crippen LogP contribution in [0.25, 0.3) is 10.9 Å². The number of nitrogens with zero attached hydrogens (tertiary/aromatic N) is 3. The highest BCUT2D eigenvalue weighted by molar-refractivity contribution is 5.96. The highest BCUT2D eigenvalue weighted by Gasteiger charge is 2.29. The van der Waals surface area contributed by atoms with E-state index in [0.717, 1.165) is 12.8 Å². The van der Waals surface area contributed by atoms with Gasteiger partial charge in [0, 0.05) is 26.2 Å². The molecule has 9 heteroatoms. The summed E-state index contributed by atoms with van der Waals surface area (Å²) in [5, 5.41) is 3.17. The van der Waals surface area contributed by atoms with E-state index in [1.165, 1.54) is 4.90 Å². The number of hydrogen-bond acceptors (Lipinski definition) is 6. The summed E-state index contributed by atoms with van der Waals surface area (Å²) >= 11 is 0. The van der Waals surface area contributed by atoms with Crippen molar-refractivity contribution in [1.29, 1.82) is 0 Å². The smallest absolute Gasteiger partial charge is 0.324 e. The molecule has 28 heavy (non-hydrogen) atoms. The summed E-state index contributed by atoms with van der Waals surface area (Å²) in [6.07, 6.45) is 1.95. The molecule has 0 spiro atoms. The minimum absolute atomic E-state index is 0.0346. The van der Waals surface area contributed by atoms with Crippen LogP contribution in [0.4, 0.5) is 4.79 Å². The Morgan fingerprint density at radius 1 is 1.32 bits per heavy atom. The van der Waals surface area contributed by atoms with Crippen molar-refractivity contribution < 1.29 is 14.3 Å². The van der Waals surface area contributed by atoms with Crippen LogP contribution in [0.3, 0.4) is 0 Å². The van der Waals surface area contributed by atoms with Gasteiger partial charge >= 0.3 is 6.03 Å². The second-order valence-corrected chi connectivity index (χ2v) is 7.11. The van der Waals surface area contributed by atoms with Gasteiger partial charge in [-0.15, -0.1) is 0 Å². The van der Waals surface area contributed by atoms with E-state index in [9.17, 15) is 14.4 Å². The molecule has 4 rings (SSSR count). The molecular formula is C19H23N5O4. The number of H-pyrrole nitrogens is 1. The Bertz CT molecular complexity index is 937. The SMILES string of the molecule is O=C(CN(Cc1nc2ccccc2c(=O)[nH]1)C[C@H]1CCCO1)N1CCNC1=O. The summed E-state index contributed by atoms with van der Waals surface area (Å²) in [4.78, 5) is 47.2. The standard InChI is InChI=1S/C19H23N5O4/c25-17(24-8-7-20-19(24)27)12-23(10-13-4-3-9-28-13)11-16-21-15-6-2-1-5-14(15)18(26)22-16/h1-2,5-6,13H,3-4,7-12H2,(H,20,27)(H,21,22,26)/t13-/m1/s1. The number of nitrogens with one attached hydrogen (secondary N) is 2. The Hall–Kier alpha value is -2.78. The van der Waals surface area contributed by atoms with Crippen molar-refractivity contribution in [2.75, 3.05) is 32.8 Å². The normalized spacial score (nSPS) is 19.5. The van der Waals surface area contributed by atoms with Gasteiger partial charge < -0.3 is 15.0 Å². The first-order chi connectivity index (χ1) is 13.6. The lowest BCUT2D eigenvalue weighted by molar-refractivity contribution is -0.129. The van der Waals surface area contributed by atoms with Crippen molar-refractivity contribution in [2.24, 2.45) is 0 Å². The zero-order valence-corrected chi connectivity index (χ0v) is 15.5. The van der Waals surface area contributed by atoms with Crippen LogP contribution in [0, 0.1) is 0 Å². The van der Waals surface area contributed by atoms with Crippen LogP contribution in [-0.2, 0) is 16.1 Å².